The van der Waals surface area contributed by atoms with Gasteiger partial charge in [0.1, 0.15) is 22.9 Å². The van der Waals surface area contributed by atoms with Crippen molar-refractivity contribution < 1.29 is 27.8 Å². The number of piperidine rings is 1. The average Bonchev–Trinajstić information content (AvgIpc) is 3.76. The molecule has 1 saturated heterocycles. The van der Waals surface area contributed by atoms with Crippen molar-refractivity contribution in [1.82, 2.24) is 10.2 Å². The van der Waals surface area contributed by atoms with E-state index in [1.54, 1.807) is 6.07 Å². The smallest absolute Gasteiger partial charge is 0.341 e. The van der Waals surface area contributed by atoms with E-state index in [9.17, 15) is 18.4 Å². The van der Waals surface area contributed by atoms with Gasteiger partial charge in [-0.2, -0.15) is 0 Å². The number of hydrogen-bond donors (Lipinski definition) is 1. The van der Waals surface area contributed by atoms with Crippen LogP contribution in [-0.4, -0.2) is 43.6 Å². The lowest BCUT2D eigenvalue weighted by molar-refractivity contribution is -0.122. The normalized spacial score (nSPS) is 18.7. The number of nitrogens with one attached hydrogen (secondary N) is 1. The number of carbonyl (C=O) groups excluding carboxylic acids is 2. The first-order valence-electron chi connectivity index (χ1n) is 13.8. The number of nitrogens with zero attached hydrogens (tertiary/aromatic N) is 1. The maximum atomic E-state index is 14.9. The number of ether oxygens (including phenoxy) is 2. The molecule has 1 N–H and O–H groups in total. The van der Waals surface area contributed by atoms with E-state index in [1.165, 1.54) is 49.1 Å². The molecule has 1 saturated carbocycles. The number of amides is 1. The number of likely N-dealkylation sites (tertiary alicyclic amines) is 1. The van der Waals surface area contributed by atoms with Gasteiger partial charge < -0.3 is 14.8 Å². The molecule has 3 aromatic rings. The van der Waals surface area contributed by atoms with Crippen LogP contribution in [0.25, 0.3) is 11.1 Å². The molecule has 0 bridgehead atoms. The van der Waals surface area contributed by atoms with Crippen LogP contribution in [0.1, 0.15) is 47.2 Å². The largest absolute Gasteiger partial charge is 0.493 e. The van der Waals surface area contributed by atoms with E-state index in [2.05, 4.69) is 27.1 Å². The Bertz CT molecular complexity index is 1360. The van der Waals surface area contributed by atoms with Crippen LogP contribution in [0.4, 0.5) is 8.78 Å². The molecule has 0 spiro atoms. The predicted octanol–water partition coefficient (Wildman–Crippen LogP) is 5.74. The van der Waals surface area contributed by atoms with E-state index in [0.29, 0.717) is 17.7 Å². The molecule has 1 amide bonds. The van der Waals surface area contributed by atoms with Crippen LogP contribution >= 0.6 is 0 Å². The van der Waals surface area contributed by atoms with E-state index in [-0.39, 0.29) is 35.4 Å². The summed E-state index contributed by atoms with van der Waals surface area (Å²) in [5.41, 5.74) is 1.90. The lowest BCUT2D eigenvalue weighted by Gasteiger charge is -2.26. The maximum absolute atomic E-state index is 14.9. The average molecular weight is 549 g/mol. The third-order valence-corrected chi connectivity index (χ3v) is 7.72. The first kappa shape index (κ1) is 27.8. The van der Waals surface area contributed by atoms with Gasteiger partial charge in [0, 0.05) is 30.5 Å². The van der Waals surface area contributed by atoms with Gasteiger partial charge in [-0.3, -0.25) is 9.69 Å². The molecule has 2 aliphatic rings. The highest BCUT2D eigenvalue weighted by Gasteiger charge is 2.43. The summed E-state index contributed by atoms with van der Waals surface area (Å²) < 4.78 is 39.7. The number of hydrogen-bond acceptors (Lipinski definition) is 5. The Kier molecular flexibility index (Phi) is 8.75. The molecule has 8 heteroatoms. The number of benzene rings is 3. The highest BCUT2D eigenvalue weighted by Crippen LogP contribution is 2.39. The maximum Gasteiger partial charge on any atom is 0.341 e. The first-order chi connectivity index (χ1) is 19.4. The summed E-state index contributed by atoms with van der Waals surface area (Å²) in [5, 5.41) is 2.81. The van der Waals surface area contributed by atoms with Crippen molar-refractivity contribution in [2.45, 2.75) is 38.8 Å². The van der Waals surface area contributed by atoms with E-state index in [4.69, 9.17) is 4.74 Å². The monoisotopic (exact) mass is 548 g/mol. The zero-order chi connectivity index (χ0) is 28.1. The summed E-state index contributed by atoms with van der Waals surface area (Å²) in [6.45, 7) is 3.78. The van der Waals surface area contributed by atoms with E-state index >= 15 is 0 Å². The van der Waals surface area contributed by atoms with Crippen LogP contribution in [0.2, 0.25) is 0 Å². The molecule has 3 aromatic carbocycles. The number of esters is 1. The standard InChI is InChI=1S/C32H34F2N2O4/c1-39-32(38)30-26(6-5-7-28(30)33)22-10-11-23(29(34)17-22)18-35-31(37)27-16-24(27)20-40-25-12-8-21(9-13-25)19-36-14-3-2-4-15-36/h5-13,17,24,27H,2-4,14-16,18-20H2,1H3,(H,35,37). The van der Waals surface area contributed by atoms with Gasteiger partial charge >= 0.3 is 5.97 Å². The van der Waals surface area contributed by atoms with Crippen molar-refractivity contribution in [2.24, 2.45) is 11.8 Å². The number of carbonyl (C=O) groups is 2. The molecule has 5 rings (SSSR count). The van der Waals surface area contributed by atoms with Crippen LogP contribution in [0, 0.1) is 23.5 Å². The second-order valence-electron chi connectivity index (χ2n) is 10.6. The fraction of sp³-hybridized carbons (Fsp3) is 0.375. The van der Waals surface area contributed by atoms with Gasteiger partial charge in [-0.25, -0.2) is 13.6 Å². The minimum Gasteiger partial charge on any atom is -0.493 e. The van der Waals surface area contributed by atoms with Gasteiger partial charge in [-0.15, -0.1) is 0 Å². The van der Waals surface area contributed by atoms with Crippen molar-refractivity contribution in [3.05, 3.63) is 89.0 Å². The summed E-state index contributed by atoms with van der Waals surface area (Å²) in [5.74, 6) is -1.50. The Morgan fingerprint density at radius 3 is 2.48 bits per heavy atom. The molecule has 40 heavy (non-hydrogen) atoms. The van der Waals surface area contributed by atoms with Crippen LogP contribution in [0.15, 0.2) is 60.7 Å². The molecule has 1 aliphatic heterocycles. The molecular formula is C32H34F2N2O4. The summed E-state index contributed by atoms with van der Waals surface area (Å²) in [7, 11) is 1.16. The van der Waals surface area contributed by atoms with Crippen LogP contribution in [0.3, 0.4) is 0 Å². The van der Waals surface area contributed by atoms with Gasteiger partial charge in [-0.1, -0.05) is 42.8 Å². The topological polar surface area (TPSA) is 67.9 Å². The molecule has 2 fully saturated rings. The molecule has 1 aliphatic carbocycles. The van der Waals surface area contributed by atoms with Crippen molar-refractivity contribution in [1.29, 1.82) is 0 Å². The molecule has 0 radical (unpaired) electrons. The van der Waals surface area contributed by atoms with Crippen molar-refractivity contribution in [3.8, 4) is 16.9 Å². The Hall–Kier alpha value is -3.78. The molecule has 1 heterocycles. The van der Waals surface area contributed by atoms with Gasteiger partial charge in [0.15, 0.2) is 0 Å². The van der Waals surface area contributed by atoms with Crippen molar-refractivity contribution in [3.63, 3.8) is 0 Å². The number of rotatable bonds is 10. The highest BCUT2D eigenvalue weighted by atomic mass is 19.1. The van der Waals surface area contributed by atoms with E-state index in [1.807, 2.05) is 12.1 Å². The molecule has 210 valence electrons. The molecule has 2 unspecified atom stereocenters. The van der Waals surface area contributed by atoms with Gasteiger partial charge in [0.05, 0.1) is 13.7 Å². The zero-order valence-corrected chi connectivity index (χ0v) is 22.6. The Morgan fingerprint density at radius 1 is 0.975 bits per heavy atom. The van der Waals surface area contributed by atoms with Gasteiger partial charge in [0.25, 0.3) is 0 Å². The Morgan fingerprint density at radius 2 is 1.75 bits per heavy atom. The van der Waals surface area contributed by atoms with Crippen LogP contribution < -0.4 is 10.1 Å². The Labute approximate surface area is 233 Å². The summed E-state index contributed by atoms with van der Waals surface area (Å²) in [6.07, 6.45) is 4.60. The summed E-state index contributed by atoms with van der Waals surface area (Å²) in [6, 6.07) is 16.7. The third-order valence-electron chi connectivity index (χ3n) is 7.72. The van der Waals surface area contributed by atoms with Crippen LogP contribution in [0.5, 0.6) is 5.75 Å². The fourth-order valence-corrected chi connectivity index (χ4v) is 5.27. The number of halogens is 2. The fourth-order valence-electron chi connectivity index (χ4n) is 5.27. The van der Waals surface area contributed by atoms with E-state index < -0.39 is 17.6 Å². The van der Waals surface area contributed by atoms with Crippen molar-refractivity contribution in [2.75, 3.05) is 26.8 Å². The SMILES string of the molecule is COC(=O)c1c(F)cccc1-c1ccc(CNC(=O)C2CC2COc2ccc(CN3CCCCC3)cc2)c(F)c1. The number of methoxy groups -OCH3 is 1. The first-order valence-corrected chi connectivity index (χ1v) is 13.8. The van der Waals surface area contributed by atoms with Gasteiger partial charge in [0.2, 0.25) is 5.91 Å². The second kappa shape index (κ2) is 12.6. The molecule has 6 nitrogen and oxygen atoms in total. The van der Waals surface area contributed by atoms with Crippen molar-refractivity contribution >= 4 is 11.9 Å². The molecular weight excluding hydrogens is 514 g/mol. The second-order valence-corrected chi connectivity index (χ2v) is 10.6. The highest BCUT2D eigenvalue weighted by molar-refractivity contribution is 5.97. The summed E-state index contributed by atoms with van der Waals surface area (Å²) in [4.78, 5) is 27.2. The van der Waals surface area contributed by atoms with Gasteiger partial charge in [-0.05, 0) is 73.3 Å². The lowest BCUT2D eigenvalue weighted by Crippen LogP contribution is -2.29. The predicted molar refractivity (Wildman–Crippen MR) is 148 cm³/mol. The lowest BCUT2D eigenvalue weighted by atomic mass is 9.98. The summed E-state index contributed by atoms with van der Waals surface area (Å²) >= 11 is 0. The third kappa shape index (κ3) is 6.67. The zero-order valence-electron chi connectivity index (χ0n) is 22.6. The van der Waals surface area contributed by atoms with E-state index in [0.717, 1.165) is 45.0 Å². The quantitative estimate of drug-likeness (QED) is 0.328. The minimum absolute atomic E-state index is 0.0283. The molecule has 2 atom stereocenters. The van der Waals surface area contributed by atoms with Crippen LogP contribution in [-0.2, 0) is 22.6 Å². The minimum atomic E-state index is -0.835. The Balaban J connectivity index is 1.09. The molecule has 0 aromatic heterocycles.